The maximum absolute atomic E-state index is 4.88. The van der Waals surface area contributed by atoms with Crippen LogP contribution in [0.5, 0.6) is 0 Å². The number of thioether (sulfide) groups is 1. The van der Waals surface area contributed by atoms with Gasteiger partial charge in [-0.25, -0.2) is 9.97 Å². The zero-order valence-electron chi connectivity index (χ0n) is 12.6. The number of thiophene rings is 1. The SMILES string of the molecule is CSc1nc(N2CCN(C)CC2)c2c3c(sc2n1)CCC3. The number of likely N-dealkylation sites (N-methyl/N-ethyl adjacent to an activating group) is 1. The maximum atomic E-state index is 4.88. The Hall–Kier alpha value is -0.850. The highest BCUT2D eigenvalue weighted by atomic mass is 32.2. The molecule has 6 heteroatoms. The van der Waals surface area contributed by atoms with Gasteiger partial charge in [-0.2, -0.15) is 0 Å². The zero-order valence-corrected chi connectivity index (χ0v) is 14.2. The molecule has 0 unspecified atom stereocenters. The highest BCUT2D eigenvalue weighted by molar-refractivity contribution is 7.98. The Morgan fingerprint density at radius 2 is 1.90 bits per heavy atom. The zero-order chi connectivity index (χ0) is 14.4. The summed E-state index contributed by atoms with van der Waals surface area (Å²) < 4.78 is 0. The summed E-state index contributed by atoms with van der Waals surface area (Å²) in [6.45, 7) is 4.38. The van der Waals surface area contributed by atoms with Crippen LogP contribution < -0.4 is 4.90 Å². The Kier molecular flexibility index (Phi) is 3.55. The monoisotopic (exact) mass is 320 g/mol. The maximum Gasteiger partial charge on any atom is 0.190 e. The van der Waals surface area contributed by atoms with Crippen LogP contribution in [0.15, 0.2) is 5.16 Å². The van der Waals surface area contributed by atoms with E-state index in [9.17, 15) is 0 Å². The second-order valence-electron chi connectivity index (χ2n) is 5.86. The summed E-state index contributed by atoms with van der Waals surface area (Å²) in [5.41, 5.74) is 1.54. The molecule has 0 N–H and O–H groups in total. The predicted octanol–water partition coefficient (Wildman–Crippen LogP) is 2.65. The second-order valence-corrected chi connectivity index (χ2v) is 7.72. The van der Waals surface area contributed by atoms with Crippen molar-refractivity contribution in [3.63, 3.8) is 0 Å². The lowest BCUT2D eigenvalue weighted by molar-refractivity contribution is 0.312. The van der Waals surface area contributed by atoms with Crippen LogP contribution in [0.2, 0.25) is 0 Å². The summed E-state index contributed by atoms with van der Waals surface area (Å²) in [5, 5.41) is 2.27. The molecule has 21 heavy (non-hydrogen) atoms. The summed E-state index contributed by atoms with van der Waals surface area (Å²) in [5.74, 6) is 1.19. The first-order chi connectivity index (χ1) is 10.3. The normalized spacial score (nSPS) is 19.4. The molecule has 1 aliphatic heterocycles. The van der Waals surface area contributed by atoms with Gasteiger partial charge in [-0.3, -0.25) is 0 Å². The summed E-state index contributed by atoms with van der Waals surface area (Å²) in [7, 11) is 2.20. The van der Waals surface area contributed by atoms with Crippen molar-refractivity contribution in [2.45, 2.75) is 24.4 Å². The molecule has 112 valence electrons. The van der Waals surface area contributed by atoms with Gasteiger partial charge in [0.1, 0.15) is 10.6 Å². The first-order valence-corrected chi connectivity index (χ1v) is 9.60. The number of anilines is 1. The fourth-order valence-electron chi connectivity index (χ4n) is 3.30. The van der Waals surface area contributed by atoms with Crippen LogP contribution in [-0.4, -0.2) is 54.4 Å². The van der Waals surface area contributed by atoms with Gasteiger partial charge in [-0.15, -0.1) is 11.3 Å². The van der Waals surface area contributed by atoms with Crippen LogP contribution in [0, 0.1) is 0 Å². The molecule has 4 nitrogen and oxygen atoms in total. The van der Waals surface area contributed by atoms with E-state index in [0.717, 1.165) is 31.3 Å². The molecule has 0 saturated carbocycles. The highest BCUT2D eigenvalue weighted by Gasteiger charge is 2.26. The molecule has 1 fully saturated rings. The lowest BCUT2D eigenvalue weighted by atomic mass is 10.1. The van der Waals surface area contributed by atoms with E-state index < -0.39 is 0 Å². The topological polar surface area (TPSA) is 32.3 Å². The fraction of sp³-hybridized carbons (Fsp3) is 0.600. The second kappa shape index (κ2) is 5.41. The number of hydrogen-bond donors (Lipinski definition) is 0. The van der Waals surface area contributed by atoms with E-state index in [1.54, 1.807) is 16.6 Å². The van der Waals surface area contributed by atoms with Crippen LogP contribution >= 0.6 is 23.1 Å². The molecular formula is C15H20N4S2. The third-order valence-corrected chi connectivity index (χ3v) is 6.24. The summed E-state index contributed by atoms with van der Waals surface area (Å²) >= 11 is 3.54. The molecule has 2 aromatic rings. The van der Waals surface area contributed by atoms with Gasteiger partial charge in [-0.1, -0.05) is 11.8 Å². The van der Waals surface area contributed by atoms with Crippen molar-refractivity contribution in [3.05, 3.63) is 10.4 Å². The van der Waals surface area contributed by atoms with E-state index in [-0.39, 0.29) is 0 Å². The van der Waals surface area contributed by atoms with Gasteiger partial charge in [0.15, 0.2) is 5.16 Å². The van der Waals surface area contributed by atoms with Crippen molar-refractivity contribution in [1.29, 1.82) is 0 Å². The molecule has 0 radical (unpaired) electrons. The summed E-state index contributed by atoms with van der Waals surface area (Å²) in [6.07, 6.45) is 5.80. The molecule has 2 aliphatic rings. The molecule has 0 aromatic carbocycles. The Morgan fingerprint density at radius 3 is 2.67 bits per heavy atom. The van der Waals surface area contributed by atoms with Crippen LogP contribution in [0.4, 0.5) is 5.82 Å². The van der Waals surface area contributed by atoms with E-state index in [4.69, 9.17) is 9.97 Å². The van der Waals surface area contributed by atoms with Gasteiger partial charge in [0.05, 0.1) is 5.39 Å². The third kappa shape index (κ3) is 2.33. The smallest absolute Gasteiger partial charge is 0.190 e. The third-order valence-electron chi connectivity index (χ3n) is 4.51. The first kappa shape index (κ1) is 13.8. The molecule has 0 atom stereocenters. The molecule has 4 rings (SSSR count). The van der Waals surface area contributed by atoms with E-state index >= 15 is 0 Å². The van der Waals surface area contributed by atoms with Gasteiger partial charge in [0, 0.05) is 31.1 Å². The van der Waals surface area contributed by atoms with Crippen molar-refractivity contribution < 1.29 is 0 Å². The molecule has 0 bridgehead atoms. The number of piperazine rings is 1. The average Bonchev–Trinajstić information content (AvgIpc) is 3.07. The molecule has 0 amide bonds. The average molecular weight is 320 g/mol. The minimum absolute atomic E-state index is 0.913. The number of hydrogen-bond acceptors (Lipinski definition) is 6. The van der Waals surface area contributed by atoms with Gasteiger partial charge in [0.2, 0.25) is 0 Å². The Bertz CT molecular complexity index is 674. The number of fused-ring (bicyclic) bond motifs is 3. The van der Waals surface area contributed by atoms with Gasteiger partial charge in [0.25, 0.3) is 0 Å². The van der Waals surface area contributed by atoms with Gasteiger partial charge in [-0.05, 0) is 38.1 Å². The number of aryl methyl sites for hydroxylation is 2. The van der Waals surface area contributed by atoms with Crippen molar-refractivity contribution in [3.8, 4) is 0 Å². The first-order valence-electron chi connectivity index (χ1n) is 7.56. The molecule has 1 saturated heterocycles. The summed E-state index contributed by atoms with van der Waals surface area (Å²) in [6, 6.07) is 0. The Labute approximate surface area is 133 Å². The highest BCUT2D eigenvalue weighted by Crippen LogP contribution is 2.41. The van der Waals surface area contributed by atoms with Crippen LogP contribution in [0.3, 0.4) is 0 Å². The standard InChI is InChI=1S/C15H20N4S2/c1-18-6-8-19(9-7-18)13-12-10-4-3-5-11(10)21-14(12)17-15(16-13)20-2/h3-9H2,1-2H3. The Balaban J connectivity index is 1.85. The molecule has 0 spiro atoms. The number of rotatable bonds is 2. The lowest BCUT2D eigenvalue weighted by Crippen LogP contribution is -2.45. The van der Waals surface area contributed by atoms with Crippen molar-refractivity contribution in [2.24, 2.45) is 0 Å². The van der Waals surface area contributed by atoms with Crippen LogP contribution in [0.1, 0.15) is 16.9 Å². The summed E-state index contributed by atoms with van der Waals surface area (Å²) in [4.78, 5) is 17.3. The van der Waals surface area contributed by atoms with Crippen molar-refractivity contribution >= 4 is 39.1 Å². The minimum atomic E-state index is 0.913. The largest absolute Gasteiger partial charge is 0.353 e. The van der Waals surface area contributed by atoms with E-state index in [0.29, 0.717) is 0 Å². The van der Waals surface area contributed by atoms with Crippen molar-refractivity contribution in [1.82, 2.24) is 14.9 Å². The van der Waals surface area contributed by atoms with E-state index in [2.05, 4.69) is 23.1 Å². The molecule has 3 heterocycles. The molecular weight excluding hydrogens is 300 g/mol. The van der Waals surface area contributed by atoms with E-state index in [1.807, 2.05) is 11.3 Å². The van der Waals surface area contributed by atoms with Gasteiger partial charge >= 0.3 is 0 Å². The lowest BCUT2D eigenvalue weighted by Gasteiger charge is -2.33. The number of aromatic nitrogens is 2. The van der Waals surface area contributed by atoms with E-state index in [1.165, 1.54) is 40.9 Å². The Morgan fingerprint density at radius 1 is 1.10 bits per heavy atom. The van der Waals surface area contributed by atoms with Crippen LogP contribution in [0.25, 0.3) is 10.2 Å². The number of nitrogens with zero attached hydrogens (tertiary/aromatic N) is 4. The fourth-order valence-corrected chi connectivity index (χ4v) is 4.97. The predicted molar refractivity (Wildman–Crippen MR) is 90.9 cm³/mol. The molecule has 1 aliphatic carbocycles. The molecule has 2 aromatic heterocycles. The quantitative estimate of drug-likeness (QED) is 0.627. The van der Waals surface area contributed by atoms with Crippen molar-refractivity contribution in [2.75, 3.05) is 44.4 Å². The van der Waals surface area contributed by atoms with Crippen LogP contribution in [-0.2, 0) is 12.8 Å². The minimum Gasteiger partial charge on any atom is -0.353 e. The van der Waals surface area contributed by atoms with Gasteiger partial charge < -0.3 is 9.80 Å².